The van der Waals surface area contributed by atoms with Crippen LogP contribution in [0.1, 0.15) is 56.5 Å². The lowest BCUT2D eigenvalue weighted by molar-refractivity contribution is 0.103. The molecular weight excluding hydrogens is 194 g/mol. The van der Waals surface area contributed by atoms with Crippen LogP contribution in [0.5, 0.6) is 0 Å². The fraction of sp³-hybridized carbons (Fsp3) is 0.800. The van der Waals surface area contributed by atoms with Gasteiger partial charge in [0.25, 0.3) is 0 Å². The zero-order valence-electron chi connectivity index (χ0n) is 8.98. The number of hydrogen-bond acceptors (Lipinski definition) is 5. The number of nitrogens with zero attached hydrogens (tertiary/aromatic N) is 2. The standard InChI is InChI=1S/C10H17N3O2/c1-2-4-7(11)10-12-9(13-15-10)8-5-3-6-14-8/h7-8H,2-6,11H2,1H3/t7-,8?/m0/s1. The van der Waals surface area contributed by atoms with E-state index in [2.05, 4.69) is 17.1 Å². The van der Waals surface area contributed by atoms with Gasteiger partial charge in [-0.1, -0.05) is 18.5 Å². The molecule has 0 aliphatic carbocycles. The summed E-state index contributed by atoms with van der Waals surface area (Å²) in [7, 11) is 0. The lowest BCUT2D eigenvalue weighted by atomic mass is 10.2. The van der Waals surface area contributed by atoms with Gasteiger partial charge in [0.15, 0.2) is 0 Å². The van der Waals surface area contributed by atoms with E-state index in [4.69, 9.17) is 15.0 Å². The van der Waals surface area contributed by atoms with Crippen molar-refractivity contribution in [3.63, 3.8) is 0 Å². The first kappa shape index (κ1) is 10.6. The van der Waals surface area contributed by atoms with Crippen LogP contribution in [0, 0.1) is 0 Å². The fourth-order valence-electron chi connectivity index (χ4n) is 1.74. The van der Waals surface area contributed by atoms with Crippen LogP contribution in [-0.2, 0) is 4.74 Å². The third-order valence-electron chi connectivity index (χ3n) is 2.59. The summed E-state index contributed by atoms with van der Waals surface area (Å²) in [6, 6.07) is -0.141. The number of nitrogens with two attached hydrogens (primary N) is 1. The van der Waals surface area contributed by atoms with Crippen molar-refractivity contribution in [2.24, 2.45) is 5.73 Å². The smallest absolute Gasteiger partial charge is 0.243 e. The van der Waals surface area contributed by atoms with Gasteiger partial charge in [-0.2, -0.15) is 4.98 Å². The van der Waals surface area contributed by atoms with Crippen LogP contribution in [0.25, 0.3) is 0 Å². The molecule has 0 radical (unpaired) electrons. The third kappa shape index (κ3) is 2.35. The lowest BCUT2D eigenvalue weighted by Gasteiger charge is -2.03. The second-order valence-corrected chi connectivity index (χ2v) is 3.89. The highest BCUT2D eigenvalue weighted by Crippen LogP contribution is 2.27. The Morgan fingerprint density at radius 3 is 3.13 bits per heavy atom. The van der Waals surface area contributed by atoms with Crippen LogP contribution >= 0.6 is 0 Å². The van der Waals surface area contributed by atoms with E-state index in [1.165, 1.54) is 0 Å². The van der Waals surface area contributed by atoms with Crippen LogP contribution in [0.4, 0.5) is 0 Å². The first-order valence-electron chi connectivity index (χ1n) is 5.52. The average molecular weight is 211 g/mol. The van der Waals surface area contributed by atoms with Gasteiger partial charge in [0.2, 0.25) is 11.7 Å². The van der Waals surface area contributed by atoms with Crippen molar-refractivity contribution >= 4 is 0 Å². The summed E-state index contributed by atoms with van der Waals surface area (Å²) in [4.78, 5) is 4.28. The molecule has 0 bridgehead atoms. The molecule has 0 amide bonds. The molecule has 1 aliphatic rings. The Balaban J connectivity index is 2.02. The van der Waals surface area contributed by atoms with Gasteiger partial charge in [0, 0.05) is 6.61 Å². The maximum Gasteiger partial charge on any atom is 0.243 e. The minimum atomic E-state index is -0.141. The number of aromatic nitrogens is 2. The van der Waals surface area contributed by atoms with E-state index in [9.17, 15) is 0 Å². The molecule has 1 aromatic heterocycles. The molecule has 15 heavy (non-hydrogen) atoms. The van der Waals surface area contributed by atoms with E-state index >= 15 is 0 Å². The molecule has 1 fully saturated rings. The van der Waals surface area contributed by atoms with Crippen molar-refractivity contribution in [1.29, 1.82) is 0 Å². The monoisotopic (exact) mass is 211 g/mol. The van der Waals surface area contributed by atoms with Gasteiger partial charge >= 0.3 is 0 Å². The van der Waals surface area contributed by atoms with Gasteiger partial charge in [-0.25, -0.2) is 0 Å². The molecule has 2 atom stereocenters. The summed E-state index contributed by atoms with van der Waals surface area (Å²) in [5, 5.41) is 3.91. The summed E-state index contributed by atoms with van der Waals surface area (Å²) in [6.07, 6.45) is 3.93. The topological polar surface area (TPSA) is 74.2 Å². The molecule has 1 saturated heterocycles. The zero-order chi connectivity index (χ0) is 10.7. The predicted octanol–water partition coefficient (Wildman–Crippen LogP) is 1.72. The SMILES string of the molecule is CCC[C@H](N)c1nc(C2CCCO2)no1. The largest absolute Gasteiger partial charge is 0.370 e. The Hall–Kier alpha value is -0.940. The summed E-state index contributed by atoms with van der Waals surface area (Å²) in [6.45, 7) is 2.87. The highest BCUT2D eigenvalue weighted by atomic mass is 16.5. The van der Waals surface area contributed by atoms with Crippen molar-refractivity contribution < 1.29 is 9.26 Å². The van der Waals surface area contributed by atoms with Gasteiger partial charge in [-0.3, -0.25) is 0 Å². The van der Waals surface area contributed by atoms with Crippen molar-refractivity contribution in [2.75, 3.05) is 6.61 Å². The minimum Gasteiger partial charge on any atom is -0.370 e. The highest BCUT2D eigenvalue weighted by molar-refractivity contribution is 4.96. The molecule has 1 unspecified atom stereocenters. The zero-order valence-corrected chi connectivity index (χ0v) is 8.98. The molecule has 0 saturated carbocycles. The first-order valence-corrected chi connectivity index (χ1v) is 5.52. The van der Waals surface area contributed by atoms with E-state index in [0.29, 0.717) is 11.7 Å². The molecule has 2 heterocycles. The van der Waals surface area contributed by atoms with E-state index in [1.54, 1.807) is 0 Å². The van der Waals surface area contributed by atoms with E-state index in [-0.39, 0.29) is 12.1 Å². The summed E-state index contributed by atoms with van der Waals surface area (Å²) in [5.74, 6) is 1.18. The van der Waals surface area contributed by atoms with Crippen molar-refractivity contribution in [3.05, 3.63) is 11.7 Å². The Morgan fingerprint density at radius 2 is 2.47 bits per heavy atom. The molecule has 5 nitrogen and oxygen atoms in total. The average Bonchev–Trinajstić information content (AvgIpc) is 2.89. The number of ether oxygens (including phenoxy) is 1. The molecule has 1 aromatic rings. The van der Waals surface area contributed by atoms with E-state index < -0.39 is 0 Å². The van der Waals surface area contributed by atoms with Crippen molar-refractivity contribution in [3.8, 4) is 0 Å². The van der Waals surface area contributed by atoms with Gasteiger partial charge in [-0.05, 0) is 19.3 Å². The minimum absolute atomic E-state index is 0.0105. The molecule has 5 heteroatoms. The van der Waals surface area contributed by atoms with Crippen LogP contribution < -0.4 is 5.73 Å². The normalized spacial score (nSPS) is 23.2. The molecule has 2 rings (SSSR count). The van der Waals surface area contributed by atoms with E-state index in [1.807, 2.05) is 0 Å². The summed E-state index contributed by atoms with van der Waals surface area (Å²) >= 11 is 0. The van der Waals surface area contributed by atoms with Gasteiger partial charge < -0.3 is 15.0 Å². The Bertz CT molecular complexity index is 307. The predicted molar refractivity (Wildman–Crippen MR) is 54.1 cm³/mol. The molecule has 0 spiro atoms. The van der Waals surface area contributed by atoms with Crippen LogP contribution in [-0.4, -0.2) is 16.7 Å². The quantitative estimate of drug-likeness (QED) is 0.820. The highest BCUT2D eigenvalue weighted by Gasteiger charge is 2.24. The second kappa shape index (κ2) is 4.72. The maximum absolute atomic E-state index is 5.88. The fourth-order valence-corrected chi connectivity index (χ4v) is 1.74. The second-order valence-electron chi connectivity index (χ2n) is 3.89. The van der Waals surface area contributed by atoms with Crippen LogP contribution in [0.2, 0.25) is 0 Å². The molecule has 2 N–H and O–H groups in total. The molecule has 84 valence electrons. The lowest BCUT2D eigenvalue weighted by Crippen LogP contribution is -2.10. The van der Waals surface area contributed by atoms with Gasteiger partial charge in [0.1, 0.15) is 6.10 Å². The number of hydrogen-bond donors (Lipinski definition) is 1. The van der Waals surface area contributed by atoms with Gasteiger partial charge in [-0.15, -0.1) is 0 Å². The third-order valence-corrected chi connectivity index (χ3v) is 2.59. The van der Waals surface area contributed by atoms with Gasteiger partial charge in [0.05, 0.1) is 6.04 Å². The van der Waals surface area contributed by atoms with Crippen LogP contribution in [0.15, 0.2) is 4.52 Å². The summed E-state index contributed by atoms with van der Waals surface area (Å²) < 4.78 is 10.6. The molecular formula is C10H17N3O2. The van der Waals surface area contributed by atoms with E-state index in [0.717, 1.165) is 32.3 Å². The Morgan fingerprint density at radius 1 is 1.60 bits per heavy atom. The molecule has 0 aromatic carbocycles. The Labute approximate surface area is 89.0 Å². The Kier molecular flexibility index (Phi) is 3.33. The summed E-state index contributed by atoms with van der Waals surface area (Å²) in [5.41, 5.74) is 5.88. The molecule has 1 aliphatic heterocycles. The van der Waals surface area contributed by atoms with Crippen LogP contribution in [0.3, 0.4) is 0 Å². The maximum atomic E-state index is 5.88. The first-order chi connectivity index (χ1) is 7.31. The van der Waals surface area contributed by atoms with Crippen molar-refractivity contribution in [2.45, 2.75) is 44.8 Å². The van der Waals surface area contributed by atoms with Crippen molar-refractivity contribution in [1.82, 2.24) is 10.1 Å². The number of rotatable bonds is 4.